The topological polar surface area (TPSA) is 23.5 Å². The second kappa shape index (κ2) is 5.71. The predicted octanol–water partition coefficient (Wildman–Crippen LogP) is 3.05. The van der Waals surface area contributed by atoms with Gasteiger partial charge in [0.2, 0.25) is 0 Å². The predicted molar refractivity (Wildman–Crippen MR) is 72.0 cm³/mol. The first-order chi connectivity index (χ1) is 8.09. The molecule has 1 saturated carbocycles. The fourth-order valence-electron chi connectivity index (χ4n) is 4.09. The third-order valence-electron chi connectivity index (χ3n) is 4.88. The van der Waals surface area contributed by atoms with Gasteiger partial charge in [-0.3, -0.25) is 4.90 Å². The van der Waals surface area contributed by atoms with Crippen molar-refractivity contribution in [3.05, 3.63) is 0 Å². The van der Waals surface area contributed by atoms with E-state index >= 15 is 0 Å². The van der Waals surface area contributed by atoms with E-state index in [0.717, 1.165) is 6.42 Å². The molecule has 0 spiro atoms. The highest BCUT2D eigenvalue weighted by molar-refractivity contribution is 4.92. The van der Waals surface area contributed by atoms with Gasteiger partial charge in [0.25, 0.3) is 0 Å². The molecule has 0 bridgehead atoms. The van der Waals surface area contributed by atoms with Crippen molar-refractivity contribution in [3.8, 4) is 0 Å². The van der Waals surface area contributed by atoms with Gasteiger partial charge in [0.1, 0.15) is 0 Å². The van der Waals surface area contributed by atoms with Crippen molar-refractivity contribution in [2.24, 2.45) is 11.8 Å². The van der Waals surface area contributed by atoms with E-state index in [1.54, 1.807) is 0 Å². The Morgan fingerprint density at radius 2 is 1.76 bits per heavy atom. The first-order valence-corrected chi connectivity index (χ1v) is 7.53. The van der Waals surface area contributed by atoms with Crippen LogP contribution in [0.15, 0.2) is 0 Å². The smallest absolute Gasteiger partial charge is 0.0700 e. The van der Waals surface area contributed by atoms with Gasteiger partial charge in [0, 0.05) is 12.1 Å². The summed E-state index contributed by atoms with van der Waals surface area (Å²) in [5.74, 6) is 1.34. The number of hydrogen-bond acceptors (Lipinski definition) is 2. The van der Waals surface area contributed by atoms with Gasteiger partial charge in [0.15, 0.2) is 0 Å². The molecule has 0 radical (unpaired) electrons. The Morgan fingerprint density at radius 3 is 2.47 bits per heavy atom. The lowest BCUT2D eigenvalue weighted by molar-refractivity contribution is -0.0382. The maximum absolute atomic E-state index is 10.4. The van der Waals surface area contributed by atoms with Crippen molar-refractivity contribution in [2.75, 3.05) is 6.54 Å². The first-order valence-electron chi connectivity index (χ1n) is 7.53. The Balaban J connectivity index is 2.07. The number of aliphatic hydroxyl groups excluding tert-OH is 1. The van der Waals surface area contributed by atoms with Crippen molar-refractivity contribution in [3.63, 3.8) is 0 Å². The molecule has 2 nitrogen and oxygen atoms in total. The second-order valence-electron chi connectivity index (χ2n) is 6.55. The van der Waals surface area contributed by atoms with E-state index in [1.807, 2.05) is 0 Å². The second-order valence-corrected chi connectivity index (χ2v) is 6.55. The number of likely N-dealkylation sites (tertiary alicyclic amines) is 1. The van der Waals surface area contributed by atoms with Crippen molar-refractivity contribution in [2.45, 2.75) is 77.5 Å². The normalized spacial score (nSPS) is 45.5. The third kappa shape index (κ3) is 3.03. The van der Waals surface area contributed by atoms with Crippen LogP contribution in [0.4, 0.5) is 0 Å². The molecular formula is C15H29NO. The van der Waals surface area contributed by atoms with Gasteiger partial charge >= 0.3 is 0 Å². The van der Waals surface area contributed by atoms with E-state index in [2.05, 4.69) is 25.7 Å². The van der Waals surface area contributed by atoms with Crippen molar-refractivity contribution in [1.82, 2.24) is 4.90 Å². The minimum Gasteiger partial charge on any atom is -0.391 e. The Kier molecular flexibility index (Phi) is 4.48. The van der Waals surface area contributed by atoms with Gasteiger partial charge in [-0.1, -0.05) is 26.7 Å². The van der Waals surface area contributed by atoms with Gasteiger partial charge in [-0.2, -0.15) is 0 Å². The minimum atomic E-state index is -0.103. The van der Waals surface area contributed by atoms with Gasteiger partial charge in [-0.15, -0.1) is 0 Å². The average Bonchev–Trinajstić information content (AvgIpc) is 2.43. The van der Waals surface area contributed by atoms with Gasteiger partial charge < -0.3 is 5.11 Å². The summed E-state index contributed by atoms with van der Waals surface area (Å²) < 4.78 is 0. The molecule has 0 amide bonds. The van der Waals surface area contributed by atoms with Crippen LogP contribution >= 0.6 is 0 Å². The van der Waals surface area contributed by atoms with E-state index in [9.17, 15) is 5.11 Å². The highest BCUT2D eigenvalue weighted by atomic mass is 16.3. The molecule has 1 saturated heterocycles. The average molecular weight is 239 g/mol. The molecule has 2 aliphatic rings. The molecule has 0 aromatic rings. The quantitative estimate of drug-likeness (QED) is 0.760. The number of aliphatic hydroxyl groups is 1. The van der Waals surface area contributed by atoms with Crippen LogP contribution < -0.4 is 0 Å². The molecule has 2 fully saturated rings. The van der Waals surface area contributed by atoms with Gasteiger partial charge in [-0.05, 0) is 51.0 Å². The molecule has 100 valence electrons. The molecule has 5 unspecified atom stereocenters. The lowest BCUT2D eigenvalue weighted by atomic mass is 9.77. The van der Waals surface area contributed by atoms with E-state index in [4.69, 9.17) is 0 Å². The molecule has 1 heterocycles. The molecule has 2 rings (SSSR count). The molecule has 0 aromatic carbocycles. The monoisotopic (exact) mass is 239 g/mol. The Labute approximate surface area is 106 Å². The molecule has 5 atom stereocenters. The number of hydrogen-bond donors (Lipinski definition) is 1. The summed E-state index contributed by atoms with van der Waals surface area (Å²) in [5.41, 5.74) is 0. The molecule has 2 heteroatoms. The van der Waals surface area contributed by atoms with Crippen molar-refractivity contribution in [1.29, 1.82) is 0 Å². The number of rotatable bonds is 1. The van der Waals surface area contributed by atoms with Crippen molar-refractivity contribution >= 4 is 0 Å². The first kappa shape index (κ1) is 13.4. The lowest BCUT2D eigenvalue weighted by Gasteiger charge is -2.45. The molecule has 1 aliphatic heterocycles. The van der Waals surface area contributed by atoms with E-state index in [0.29, 0.717) is 23.9 Å². The van der Waals surface area contributed by atoms with Crippen molar-refractivity contribution < 1.29 is 5.11 Å². The molecule has 1 aliphatic carbocycles. The van der Waals surface area contributed by atoms with E-state index in [1.165, 1.54) is 38.6 Å². The van der Waals surface area contributed by atoms with Gasteiger partial charge in [0.05, 0.1) is 6.10 Å². The fourth-order valence-corrected chi connectivity index (χ4v) is 4.09. The van der Waals surface area contributed by atoms with Crippen LogP contribution in [0.1, 0.15) is 59.3 Å². The van der Waals surface area contributed by atoms with Crippen LogP contribution in [0, 0.1) is 11.8 Å². The summed E-state index contributed by atoms with van der Waals surface area (Å²) in [6.45, 7) is 8.16. The fraction of sp³-hybridized carbons (Fsp3) is 1.00. The highest BCUT2D eigenvalue weighted by Gasteiger charge is 2.38. The van der Waals surface area contributed by atoms with Crippen LogP contribution in [0.25, 0.3) is 0 Å². The Morgan fingerprint density at radius 1 is 1.00 bits per heavy atom. The summed E-state index contributed by atoms with van der Waals surface area (Å²) in [6, 6.07) is 1.08. The van der Waals surface area contributed by atoms with Crippen LogP contribution in [0.5, 0.6) is 0 Å². The molecule has 1 N–H and O–H groups in total. The number of nitrogens with zero attached hydrogens (tertiary/aromatic N) is 1. The zero-order chi connectivity index (χ0) is 12.4. The zero-order valence-corrected chi connectivity index (χ0v) is 11.7. The standard InChI is InChI=1S/C15H29NO/c1-11-9-12(2)15(14(17)10-11)16-8-6-4-5-7-13(16)3/h11-15,17H,4-10H2,1-3H3. The SMILES string of the molecule is CC1CC(C)C(N2CCCCCC2C)C(O)C1. The molecule has 17 heavy (non-hydrogen) atoms. The summed E-state index contributed by atoms with van der Waals surface area (Å²) in [5, 5.41) is 10.4. The maximum Gasteiger partial charge on any atom is 0.0700 e. The third-order valence-corrected chi connectivity index (χ3v) is 4.88. The molecular weight excluding hydrogens is 210 g/mol. The summed E-state index contributed by atoms with van der Waals surface area (Å²) in [7, 11) is 0. The summed E-state index contributed by atoms with van der Waals surface area (Å²) >= 11 is 0. The largest absolute Gasteiger partial charge is 0.391 e. The van der Waals surface area contributed by atoms with E-state index in [-0.39, 0.29) is 6.10 Å². The minimum absolute atomic E-state index is 0.103. The van der Waals surface area contributed by atoms with Crippen LogP contribution in [-0.4, -0.2) is 34.7 Å². The maximum atomic E-state index is 10.4. The molecule has 0 aromatic heterocycles. The lowest BCUT2D eigenvalue weighted by Crippen LogP contribution is -2.54. The van der Waals surface area contributed by atoms with Crippen LogP contribution in [0.2, 0.25) is 0 Å². The summed E-state index contributed by atoms with van der Waals surface area (Å²) in [4.78, 5) is 2.62. The Bertz CT molecular complexity index is 231. The highest BCUT2D eigenvalue weighted by Crippen LogP contribution is 2.34. The van der Waals surface area contributed by atoms with Crippen LogP contribution in [0.3, 0.4) is 0 Å². The zero-order valence-electron chi connectivity index (χ0n) is 11.7. The summed E-state index contributed by atoms with van der Waals surface area (Å²) in [6.07, 6.45) is 7.54. The Hall–Kier alpha value is -0.0800. The van der Waals surface area contributed by atoms with E-state index < -0.39 is 0 Å². The van der Waals surface area contributed by atoms with Crippen LogP contribution in [-0.2, 0) is 0 Å². The van der Waals surface area contributed by atoms with Gasteiger partial charge in [-0.25, -0.2) is 0 Å².